The van der Waals surface area contributed by atoms with Crippen LogP contribution in [0.4, 0.5) is 0 Å². The lowest BCUT2D eigenvalue weighted by Gasteiger charge is -2.17. The van der Waals surface area contributed by atoms with Gasteiger partial charge in [0, 0.05) is 13.5 Å². The van der Waals surface area contributed by atoms with Crippen LogP contribution in [0, 0.1) is 0 Å². The van der Waals surface area contributed by atoms with Gasteiger partial charge in [0.25, 0.3) is 0 Å². The number of carboxylic acid groups (broad SMARTS) is 1. The number of aromatic carboxylic acids is 1. The van der Waals surface area contributed by atoms with Gasteiger partial charge in [0.15, 0.2) is 0 Å². The zero-order valence-electron chi connectivity index (χ0n) is 15.2. The molecule has 0 bridgehead atoms. The fraction of sp³-hybridized carbons (Fsp3) is 0.400. The van der Waals surface area contributed by atoms with E-state index in [0.717, 1.165) is 17.6 Å². The van der Waals surface area contributed by atoms with E-state index in [1.807, 2.05) is 39.0 Å². The van der Waals surface area contributed by atoms with Crippen molar-refractivity contribution in [2.75, 3.05) is 7.11 Å². The maximum Gasteiger partial charge on any atom is 0.335 e. The Morgan fingerprint density at radius 1 is 1.21 bits per heavy atom. The molecule has 0 aromatic heterocycles. The summed E-state index contributed by atoms with van der Waals surface area (Å²) < 4.78 is 5.56. The molecule has 24 heavy (non-hydrogen) atoms. The Kier molecular flexibility index (Phi) is 11.1. The zero-order valence-corrected chi connectivity index (χ0v) is 15.2. The number of carbonyl (C=O) groups excluding carboxylic acids is 1. The van der Waals surface area contributed by atoms with Crippen molar-refractivity contribution in [3.05, 3.63) is 59.2 Å². The van der Waals surface area contributed by atoms with Crippen molar-refractivity contribution < 1.29 is 19.4 Å². The van der Waals surface area contributed by atoms with E-state index in [1.165, 1.54) is 0 Å². The zero-order chi connectivity index (χ0) is 18.5. The third-order valence-corrected chi connectivity index (χ3v) is 3.15. The summed E-state index contributed by atoms with van der Waals surface area (Å²) in [7, 11) is 1.61. The predicted octanol–water partition coefficient (Wildman–Crippen LogP) is 4.97. The van der Waals surface area contributed by atoms with Gasteiger partial charge in [-0.1, -0.05) is 51.1 Å². The number of methoxy groups -OCH3 is 1. The van der Waals surface area contributed by atoms with Crippen LogP contribution in [0.5, 0.6) is 0 Å². The first-order valence-electron chi connectivity index (χ1n) is 8.21. The third kappa shape index (κ3) is 7.38. The van der Waals surface area contributed by atoms with Crippen LogP contribution in [0.1, 0.15) is 62.6 Å². The first-order chi connectivity index (χ1) is 11.5. The highest BCUT2D eigenvalue weighted by molar-refractivity contribution is 5.87. The number of hydrogen-bond acceptors (Lipinski definition) is 3. The van der Waals surface area contributed by atoms with Gasteiger partial charge in [-0.3, -0.25) is 4.79 Å². The number of rotatable bonds is 8. The molecule has 132 valence electrons. The minimum absolute atomic E-state index is 0.104. The van der Waals surface area contributed by atoms with E-state index in [-0.39, 0.29) is 17.5 Å². The van der Waals surface area contributed by atoms with Crippen molar-refractivity contribution in [2.24, 2.45) is 0 Å². The fourth-order valence-electron chi connectivity index (χ4n) is 2.12. The van der Waals surface area contributed by atoms with Crippen molar-refractivity contribution >= 4 is 11.8 Å². The molecule has 1 aromatic rings. The molecule has 1 rings (SSSR count). The molecule has 4 nitrogen and oxygen atoms in total. The number of allylic oxidation sites excluding steroid dienone is 2. The van der Waals surface area contributed by atoms with Gasteiger partial charge in [-0.2, -0.15) is 0 Å². The van der Waals surface area contributed by atoms with E-state index >= 15 is 0 Å². The monoisotopic (exact) mass is 332 g/mol. The van der Waals surface area contributed by atoms with E-state index in [0.29, 0.717) is 6.42 Å². The standard InChI is InChI=1S/C18H22O4.C2H6/c1-4-6-14(8-5-7-13(2)19)17(22-3)15-9-11-16(12-10-15)18(20)21;1-2/h5-6,8-12,17H,4,7H2,1-3H3,(H,20,21);1-2H3/b8-5-,14-6+;. The number of hydrogen-bond donors (Lipinski definition) is 1. The van der Waals surface area contributed by atoms with Crippen molar-refractivity contribution in [1.29, 1.82) is 0 Å². The summed E-state index contributed by atoms with van der Waals surface area (Å²) in [5.41, 5.74) is 2.07. The first kappa shape index (κ1) is 21.8. The predicted molar refractivity (Wildman–Crippen MR) is 97.3 cm³/mol. The van der Waals surface area contributed by atoms with Crippen molar-refractivity contribution in [1.82, 2.24) is 0 Å². The summed E-state index contributed by atoms with van der Waals surface area (Å²) in [6.07, 6.45) is 6.69. The minimum Gasteiger partial charge on any atom is -0.478 e. The molecule has 0 aliphatic carbocycles. The number of benzene rings is 1. The lowest BCUT2D eigenvalue weighted by molar-refractivity contribution is -0.116. The largest absolute Gasteiger partial charge is 0.478 e. The molecule has 1 atom stereocenters. The molecule has 0 saturated carbocycles. The van der Waals surface area contributed by atoms with E-state index < -0.39 is 5.97 Å². The van der Waals surface area contributed by atoms with Gasteiger partial charge >= 0.3 is 5.97 Å². The number of ether oxygens (including phenoxy) is 1. The Morgan fingerprint density at radius 2 is 1.79 bits per heavy atom. The van der Waals surface area contributed by atoms with Crippen LogP contribution in [0.2, 0.25) is 0 Å². The highest BCUT2D eigenvalue weighted by atomic mass is 16.5. The van der Waals surface area contributed by atoms with Gasteiger partial charge < -0.3 is 9.84 Å². The molecule has 1 N–H and O–H groups in total. The number of carbonyl (C=O) groups is 2. The minimum atomic E-state index is -0.953. The number of Topliss-reactive ketones (excluding diaryl/α,β-unsaturated/α-hetero) is 1. The van der Waals surface area contributed by atoms with Crippen LogP contribution in [0.15, 0.2) is 48.1 Å². The third-order valence-electron chi connectivity index (χ3n) is 3.15. The van der Waals surface area contributed by atoms with Crippen LogP contribution < -0.4 is 0 Å². The first-order valence-corrected chi connectivity index (χ1v) is 8.21. The van der Waals surface area contributed by atoms with Gasteiger partial charge in [-0.25, -0.2) is 4.79 Å². The van der Waals surface area contributed by atoms with Gasteiger partial charge in [-0.05, 0) is 36.6 Å². The normalized spacial score (nSPS) is 12.5. The van der Waals surface area contributed by atoms with Crippen molar-refractivity contribution in [3.63, 3.8) is 0 Å². The van der Waals surface area contributed by atoms with Crippen molar-refractivity contribution in [2.45, 2.75) is 46.6 Å². The van der Waals surface area contributed by atoms with Crippen LogP contribution in [0.25, 0.3) is 0 Å². The second kappa shape index (κ2) is 12.3. The van der Waals surface area contributed by atoms with Gasteiger partial charge in [0.1, 0.15) is 11.9 Å². The molecule has 0 fully saturated rings. The second-order valence-electron chi connectivity index (χ2n) is 4.96. The van der Waals surface area contributed by atoms with Crippen LogP contribution in [-0.4, -0.2) is 24.0 Å². The molecule has 0 heterocycles. The lowest BCUT2D eigenvalue weighted by Crippen LogP contribution is -2.05. The van der Waals surface area contributed by atoms with Gasteiger partial charge in [0.05, 0.1) is 5.56 Å². The van der Waals surface area contributed by atoms with Crippen LogP contribution in [0.3, 0.4) is 0 Å². The summed E-state index contributed by atoms with van der Waals surface area (Å²) in [4.78, 5) is 21.9. The maximum absolute atomic E-state index is 11.0. The Labute approximate surface area is 144 Å². The molecule has 4 heteroatoms. The SMILES string of the molecule is CC.CC/C=C(\C=C/CC(C)=O)C(OC)c1ccc(C(=O)O)cc1. The Balaban J connectivity index is 0.00000254. The summed E-state index contributed by atoms with van der Waals surface area (Å²) in [5, 5.41) is 8.95. The number of carboxylic acids is 1. The average molecular weight is 332 g/mol. The quantitative estimate of drug-likeness (QED) is 0.683. The Hall–Kier alpha value is -2.20. The molecular weight excluding hydrogens is 304 g/mol. The summed E-state index contributed by atoms with van der Waals surface area (Å²) in [6.45, 7) is 7.57. The molecule has 1 unspecified atom stereocenters. The molecule has 0 aliphatic rings. The topological polar surface area (TPSA) is 63.6 Å². The van der Waals surface area contributed by atoms with Crippen LogP contribution >= 0.6 is 0 Å². The van der Waals surface area contributed by atoms with Crippen molar-refractivity contribution in [3.8, 4) is 0 Å². The smallest absolute Gasteiger partial charge is 0.335 e. The maximum atomic E-state index is 11.0. The van der Waals surface area contributed by atoms with Crippen LogP contribution in [-0.2, 0) is 9.53 Å². The Bertz CT molecular complexity index is 568. The lowest BCUT2D eigenvalue weighted by atomic mass is 9.98. The molecule has 0 amide bonds. The van der Waals surface area contributed by atoms with E-state index in [4.69, 9.17) is 9.84 Å². The van der Waals surface area contributed by atoms with Gasteiger partial charge in [-0.15, -0.1) is 0 Å². The fourth-order valence-corrected chi connectivity index (χ4v) is 2.12. The highest BCUT2D eigenvalue weighted by Gasteiger charge is 2.14. The van der Waals surface area contributed by atoms with E-state index in [2.05, 4.69) is 0 Å². The highest BCUT2D eigenvalue weighted by Crippen LogP contribution is 2.27. The summed E-state index contributed by atoms with van der Waals surface area (Å²) >= 11 is 0. The molecule has 1 aromatic carbocycles. The molecule has 0 saturated heterocycles. The number of ketones is 1. The molecular formula is C20H28O4. The molecule has 0 aliphatic heterocycles. The molecule has 0 radical (unpaired) electrons. The van der Waals surface area contributed by atoms with Gasteiger partial charge in [0.2, 0.25) is 0 Å². The second-order valence-corrected chi connectivity index (χ2v) is 4.96. The Morgan fingerprint density at radius 3 is 2.21 bits per heavy atom. The summed E-state index contributed by atoms with van der Waals surface area (Å²) in [6, 6.07) is 6.62. The summed E-state index contributed by atoms with van der Waals surface area (Å²) in [5.74, 6) is -0.849. The average Bonchev–Trinajstić information content (AvgIpc) is 2.57. The van der Waals surface area contributed by atoms with E-state index in [9.17, 15) is 9.59 Å². The molecule has 0 spiro atoms. The van der Waals surface area contributed by atoms with E-state index in [1.54, 1.807) is 38.3 Å².